The summed E-state index contributed by atoms with van der Waals surface area (Å²) < 4.78 is 63.8. The molecule has 1 aromatic heterocycles. The van der Waals surface area contributed by atoms with Crippen LogP contribution in [0.15, 0.2) is 18.2 Å². The van der Waals surface area contributed by atoms with Gasteiger partial charge in [0.2, 0.25) is 5.82 Å². The first-order valence-electron chi connectivity index (χ1n) is 5.58. The van der Waals surface area contributed by atoms with Gasteiger partial charge in [0, 0.05) is 12.4 Å². The topological polar surface area (TPSA) is 37.8 Å². The number of fused-ring (bicyclic) bond motifs is 1. The Morgan fingerprint density at radius 2 is 1.70 bits per heavy atom. The minimum atomic E-state index is -5.74. The number of rotatable bonds is 2. The Balaban J connectivity index is 2.76. The van der Waals surface area contributed by atoms with Gasteiger partial charge in [-0.1, -0.05) is 12.1 Å². The first-order chi connectivity index (χ1) is 9.18. The van der Waals surface area contributed by atoms with Gasteiger partial charge in [0.05, 0.1) is 5.52 Å². The van der Waals surface area contributed by atoms with Crippen molar-refractivity contribution in [2.75, 3.05) is 12.4 Å². The van der Waals surface area contributed by atoms with Gasteiger partial charge in [-0.15, -0.1) is 0 Å². The highest BCUT2D eigenvalue weighted by Gasteiger charge is 2.61. The molecule has 0 bridgehead atoms. The van der Waals surface area contributed by atoms with E-state index >= 15 is 0 Å². The first-order valence-corrected chi connectivity index (χ1v) is 5.58. The highest BCUT2D eigenvalue weighted by molar-refractivity contribution is 5.91. The summed E-state index contributed by atoms with van der Waals surface area (Å²) in [5.41, 5.74) is 0.706. The summed E-state index contributed by atoms with van der Waals surface area (Å²) in [7, 11) is 1.39. The summed E-state index contributed by atoms with van der Waals surface area (Å²) in [5.74, 6) is -6.73. The average Bonchev–Trinajstić information content (AvgIpc) is 2.36. The molecule has 0 spiro atoms. The van der Waals surface area contributed by atoms with Crippen LogP contribution in [0.1, 0.15) is 11.4 Å². The smallest absolute Gasteiger partial charge is 0.373 e. The molecule has 1 aromatic carbocycles. The molecule has 0 aliphatic rings. The van der Waals surface area contributed by atoms with Crippen molar-refractivity contribution in [3.63, 3.8) is 0 Å². The molecule has 0 atom stereocenters. The molecule has 0 saturated carbocycles. The zero-order valence-electron chi connectivity index (χ0n) is 10.5. The number of aromatic nitrogens is 2. The maximum absolute atomic E-state index is 13.3. The van der Waals surface area contributed by atoms with Crippen LogP contribution in [0.2, 0.25) is 0 Å². The van der Waals surface area contributed by atoms with E-state index < -0.39 is 17.9 Å². The molecule has 1 N–H and O–H groups in total. The van der Waals surface area contributed by atoms with Crippen molar-refractivity contribution < 1.29 is 22.0 Å². The van der Waals surface area contributed by atoms with E-state index in [-0.39, 0.29) is 11.3 Å². The van der Waals surface area contributed by atoms with Gasteiger partial charge in [-0.05, 0) is 18.6 Å². The molecule has 2 aromatic rings. The third-order valence-electron chi connectivity index (χ3n) is 2.81. The molecular weight excluding hydrogens is 281 g/mol. The lowest BCUT2D eigenvalue weighted by molar-refractivity contribution is -0.292. The first kappa shape index (κ1) is 14.4. The number of halogens is 5. The van der Waals surface area contributed by atoms with Crippen LogP contribution in [-0.2, 0) is 5.92 Å². The predicted octanol–water partition coefficient (Wildman–Crippen LogP) is 3.63. The number of alkyl halides is 5. The molecule has 0 aliphatic carbocycles. The van der Waals surface area contributed by atoms with Crippen LogP contribution in [0.5, 0.6) is 0 Å². The molecule has 0 saturated heterocycles. The van der Waals surface area contributed by atoms with E-state index in [2.05, 4.69) is 15.3 Å². The van der Waals surface area contributed by atoms with Gasteiger partial charge < -0.3 is 5.32 Å². The van der Waals surface area contributed by atoms with Gasteiger partial charge in [-0.2, -0.15) is 22.0 Å². The molecule has 1 heterocycles. The monoisotopic (exact) mass is 291 g/mol. The van der Waals surface area contributed by atoms with E-state index in [0.717, 1.165) is 0 Å². The van der Waals surface area contributed by atoms with Crippen LogP contribution in [0.4, 0.5) is 27.8 Å². The van der Waals surface area contributed by atoms with E-state index in [1.807, 2.05) is 0 Å². The summed E-state index contributed by atoms with van der Waals surface area (Å²) in [6, 6.07) is 4.58. The van der Waals surface area contributed by atoms with E-state index in [1.165, 1.54) is 19.2 Å². The summed E-state index contributed by atoms with van der Waals surface area (Å²) in [5, 5.41) is 2.94. The second-order valence-electron chi connectivity index (χ2n) is 4.19. The molecular formula is C12H10F5N3. The van der Waals surface area contributed by atoms with Gasteiger partial charge >= 0.3 is 12.1 Å². The third-order valence-corrected chi connectivity index (χ3v) is 2.81. The Morgan fingerprint density at radius 1 is 1.05 bits per heavy atom. The molecule has 3 nitrogen and oxygen atoms in total. The summed E-state index contributed by atoms with van der Waals surface area (Å²) in [6.07, 6.45) is -5.74. The van der Waals surface area contributed by atoms with E-state index in [4.69, 9.17) is 0 Å². The zero-order chi connectivity index (χ0) is 15.1. The third kappa shape index (κ3) is 2.14. The SMILES string of the molecule is CNc1nc(C(F)(F)C(F)(F)F)nc2cccc(C)c12. The van der Waals surface area contributed by atoms with Crippen molar-refractivity contribution in [3.8, 4) is 0 Å². The number of hydrogen-bond donors (Lipinski definition) is 1. The second-order valence-corrected chi connectivity index (χ2v) is 4.19. The minimum Gasteiger partial charge on any atom is -0.373 e. The van der Waals surface area contributed by atoms with Gasteiger partial charge in [0.25, 0.3) is 0 Å². The number of anilines is 1. The normalized spacial score (nSPS) is 12.8. The lowest BCUT2D eigenvalue weighted by atomic mass is 10.1. The van der Waals surface area contributed by atoms with Gasteiger partial charge in [-0.25, -0.2) is 9.97 Å². The van der Waals surface area contributed by atoms with E-state index in [9.17, 15) is 22.0 Å². The van der Waals surface area contributed by atoms with Crippen molar-refractivity contribution in [2.24, 2.45) is 0 Å². The van der Waals surface area contributed by atoms with Crippen molar-refractivity contribution >= 4 is 16.7 Å². The second kappa shape index (κ2) is 4.53. The van der Waals surface area contributed by atoms with E-state index in [0.29, 0.717) is 10.9 Å². The quantitative estimate of drug-likeness (QED) is 0.858. The fourth-order valence-electron chi connectivity index (χ4n) is 1.80. The van der Waals surface area contributed by atoms with E-state index in [1.54, 1.807) is 13.0 Å². The van der Waals surface area contributed by atoms with Crippen molar-refractivity contribution in [3.05, 3.63) is 29.6 Å². The van der Waals surface area contributed by atoms with Gasteiger partial charge in [0.15, 0.2) is 0 Å². The number of hydrogen-bond acceptors (Lipinski definition) is 3. The molecule has 0 radical (unpaired) electrons. The van der Waals surface area contributed by atoms with Gasteiger partial charge in [0.1, 0.15) is 5.82 Å². The van der Waals surface area contributed by atoms with Crippen LogP contribution in [-0.4, -0.2) is 23.2 Å². The van der Waals surface area contributed by atoms with Crippen LogP contribution in [0.3, 0.4) is 0 Å². The highest BCUT2D eigenvalue weighted by Crippen LogP contribution is 2.43. The molecule has 20 heavy (non-hydrogen) atoms. The Kier molecular flexibility index (Phi) is 3.27. The fraction of sp³-hybridized carbons (Fsp3) is 0.333. The molecule has 0 aliphatic heterocycles. The Hall–Kier alpha value is -1.99. The number of nitrogens with zero attached hydrogens (tertiary/aromatic N) is 2. The molecule has 8 heteroatoms. The van der Waals surface area contributed by atoms with Crippen molar-refractivity contribution in [1.82, 2.24) is 9.97 Å². The van der Waals surface area contributed by atoms with Crippen LogP contribution in [0, 0.1) is 6.92 Å². The molecule has 108 valence electrons. The largest absolute Gasteiger partial charge is 0.461 e. The Labute approximate surface area is 110 Å². The molecule has 0 amide bonds. The lowest BCUT2D eigenvalue weighted by Crippen LogP contribution is -2.35. The Bertz CT molecular complexity index is 651. The van der Waals surface area contributed by atoms with Crippen LogP contribution >= 0.6 is 0 Å². The van der Waals surface area contributed by atoms with Crippen molar-refractivity contribution in [2.45, 2.75) is 19.0 Å². The maximum atomic E-state index is 13.3. The summed E-state index contributed by atoms with van der Waals surface area (Å²) in [6.45, 7) is 1.69. The summed E-state index contributed by atoms with van der Waals surface area (Å²) in [4.78, 5) is 6.69. The van der Waals surface area contributed by atoms with Gasteiger partial charge in [-0.3, -0.25) is 0 Å². The van der Waals surface area contributed by atoms with Crippen LogP contribution in [0.25, 0.3) is 10.9 Å². The van der Waals surface area contributed by atoms with Crippen LogP contribution < -0.4 is 5.32 Å². The maximum Gasteiger partial charge on any atom is 0.461 e. The Morgan fingerprint density at radius 3 is 2.25 bits per heavy atom. The highest BCUT2D eigenvalue weighted by atomic mass is 19.4. The summed E-state index contributed by atoms with van der Waals surface area (Å²) >= 11 is 0. The fourth-order valence-corrected chi connectivity index (χ4v) is 1.80. The molecule has 0 fully saturated rings. The molecule has 2 rings (SSSR count). The zero-order valence-corrected chi connectivity index (χ0v) is 10.5. The number of aryl methyl sites for hydroxylation is 1. The standard InChI is InChI=1S/C12H10F5N3/c1-6-4-3-5-7-8(6)9(18-2)20-10(19-7)11(13,14)12(15,16)17/h3-5H,1-2H3,(H,18,19,20). The lowest BCUT2D eigenvalue weighted by Gasteiger charge is -2.19. The average molecular weight is 291 g/mol. The number of benzene rings is 1. The number of nitrogens with one attached hydrogen (secondary N) is 1. The minimum absolute atomic E-state index is 0.0308. The molecule has 0 unspecified atom stereocenters. The predicted molar refractivity (Wildman–Crippen MR) is 63.8 cm³/mol. The van der Waals surface area contributed by atoms with Crippen molar-refractivity contribution in [1.29, 1.82) is 0 Å².